The van der Waals surface area contributed by atoms with E-state index in [2.05, 4.69) is 28.3 Å². The van der Waals surface area contributed by atoms with E-state index in [-0.39, 0.29) is 17.5 Å². The quantitative estimate of drug-likeness (QED) is 0.859. The maximum Gasteiger partial charge on any atom is 0.153 e. The van der Waals surface area contributed by atoms with Gasteiger partial charge in [0, 0.05) is 31.9 Å². The highest BCUT2D eigenvalue weighted by molar-refractivity contribution is 7.91. The lowest BCUT2D eigenvalue weighted by molar-refractivity contribution is 0.416. The summed E-state index contributed by atoms with van der Waals surface area (Å²) in [5.41, 5.74) is 3.95. The van der Waals surface area contributed by atoms with Gasteiger partial charge in [-0.25, -0.2) is 8.42 Å². The fourth-order valence-corrected chi connectivity index (χ4v) is 4.51. The van der Waals surface area contributed by atoms with Crippen LogP contribution in [0.1, 0.15) is 24.4 Å². The van der Waals surface area contributed by atoms with Crippen LogP contribution in [0.4, 0.5) is 11.4 Å². The largest absolute Gasteiger partial charge is 0.495 e. The molecule has 1 N–H and O–H groups in total. The Morgan fingerprint density at radius 3 is 2.50 bits per heavy atom. The number of rotatable bonds is 5. The van der Waals surface area contributed by atoms with Gasteiger partial charge in [0.2, 0.25) is 0 Å². The molecule has 2 heterocycles. The van der Waals surface area contributed by atoms with Crippen molar-refractivity contribution in [3.05, 3.63) is 35.7 Å². The zero-order valence-electron chi connectivity index (χ0n) is 15.7. The Kier molecular flexibility index (Phi) is 5.13. The van der Waals surface area contributed by atoms with E-state index in [1.165, 1.54) is 0 Å². The summed E-state index contributed by atoms with van der Waals surface area (Å²) >= 11 is 0. The van der Waals surface area contributed by atoms with Gasteiger partial charge in [-0.2, -0.15) is 5.10 Å². The molecule has 0 amide bonds. The maximum absolute atomic E-state index is 11.6. The zero-order chi connectivity index (χ0) is 18.9. The van der Waals surface area contributed by atoms with Gasteiger partial charge in [0.05, 0.1) is 41.7 Å². The number of nitrogens with one attached hydrogen (secondary N) is 1. The number of hydrogen-bond donors (Lipinski definition) is 1. The van der Waals surface area contributed by atoms with Gasteiger partial charge < -0.3 is 15.0 Å². The second-order valence-electron chi connectivity index (χ2n) is 6.72. The predicted molar refractivity (Wildman–Crippen MR) is 104 cm³/mol. The van der Waals surface area contributed by atoms with Gasteiger partial charge in [-0.3, -0.25) is 4.68 Å². The average molecular weight is 378 g/mol. The number of anilines is 2. The van der Waals surface area contributed by atoms with E-state index in [0.717, 1.165) is 28.5 Å². The number of benzene rings is 1. The van der Waals surface area contributed by atoms with Crippen LogP contribution >= 0.6 is 0 Å². The second-order valence-corrected chi connectivity index (χ2v) is 9.03. The lowest BCUT2D eigenvalue weighted by Gasteiger charge is -2.29. The van der Waals surface area contributed by atoms with E-state index in [1.54, 1.807) is 7.11 Å². The standard InChI is InChI=1S/C18H26N4O3S/c1-13-11-17(21(3)20-13)14(2)19-16-6-5-15(12-18(16)25-4)22-7-9-26(23,24)10-8-22/h5-6,11-12,14,19H,7-10H2,1-4H3. The molecule has 1 fully saturated rings. The van der Waals surface area contributed by atoms with E-state index in [9.17, 15) is 8.42 Å². The summed E-state index contributed by atoms with van der Waals surface area (Å²) in [6.07, 6.45) is 0. The first-order valence-corrected chi connectivity index (χ1v) is 10.5. The third-order valence-electron chi connectivity index (χ3n) is 4.75. The Morgan fingerprint density at radius 2 is 1.92 bits per heavy atom. The third-order valence-corrected chi connectivity index (χ3v) is 6.36. The van der Waals surface area contributed by atoms with Crippen LogP contribution < -0.4 is 15.0 Å². The molecule has 2 aromatic rings. The number of aromatic nitrogens is 2. The van der Waals surface area contributed by atoms with Crippen LogP contribution in [0.2, 0.25) is 0 Å². The Balaban J connectivity index is 1.78. The molecule has 0 spiro atoms. The summed E-state index contributed by atoms with van der Waals surface area (Å²) in [5, 5.41) is 7.87. The Bertz CT molecular complexity index is 878. The molecule has 1 unspecified atom stereocenters. The number of methoxy groups -OCH3 is 1. The second kappa shape index (κ2) is 7.19. The number of hydrogen-bond acceptors (Lipinski definition) is 6. The van der Waals surface area contributed by atoms with Gasteiger partial charge in [0.1, 0.15) is 5.75 Å². The summed E-state index contributed by atoms with van der Waals surface area (Å²) in [7, 11) is 0.689. The molecule has 1 saturated heterocycles. The Morgan fingerprint density at radius 1 is 1.23 bits per heavy atom. The number of sulfone groups is 1. The predicted octanol–water partition coefficient (Wildman–Crippen LogP) is 2.15. The fraction of sp³-hybridized carbons (Fsp3) is 0.500. The number of nitrogens with zero attached hydrogens (tertiary/aromatic N) is 3. The molecule has 3 rings (SSSR count). The average Bonchev–Trinajstić information content (AvgIpc) is 2.94. The normalized spacial score (nSPS) is 17.8. The first-order chi connectivity index (χ1) is 12.3. The van der Waals surface area contributed by atoms with E-state index >= 15 is 0 Å². The van der Waals surface area contributed by atoms with Gasteiger partial charge in [-0.05, 0) is 32.0 Å². The van der Waals surface area contributed by atoms with Crippen LogP contribution in [-0.4, -0.2) is 49.9 Å². The first kappa shape index (κ1) is 18.6. The summed E-state index contributed by atoms with van der Waals surface area (Å²) < 4.78 is 30.7. The molecular formula is C18H26N4O3S. The van der Waals surface area contributed by atoms with Crippen LogP contribution in [-0.2, 0) is 16.9 Å². The Labute approximate surface area is 154 Å². The van der Waals surface area contributed by atoms with Crippen molar-refractivity contribution in [2.24, 2.45) is 7.05 Å². The summed E-state index contributed by atoms with van der Waals surface area (Å²) in [6, 6.07) is 8.08. The van der Waals surface area contributed by atoms with Crippen molar-refractivity contribution < 1.29 is 13.2 Å². The third kappa shape index (κ3) is 3.95. The van der Waals surface area contributed by atoms with Crippen molar-refractivity contribution in [1.82, 2.24) is 9.78 Å². The Hall–Kier alpha value is -2.22. The molecule has 1 aromatic carbocycles. The number of ether oxygens (including phenoxy) is 1. The monoisotopic (exact) mass is 378 g/mol. The topological polar surface area (TPSA) is 76.5 Å². The van der Waals surface area contributed by atoms with E-state index in [4.69, 9.17) is 4.74 Å². The molecule has 1 aliphatic heterocycles. The molecule has 26 heavy (non-hydrogen) atoms. The van der Waals surface area contributed by atoms with Crippen LogP contribution in [0.3, 0.4) is 0 Å². The van der Waals surface area contributed by atoms with Gasteiger partial charge in [-0.15, -0.1) is 0 Å². The number of aryl methyl sites for hydroxylation is 2. The molecule has 1 aliphatic rings. The maximum atomic E-state index is 11.6. The SMILES string of the molecule is COc1cc(N2CCS(=O)(=O)CC2)ccc1NC(C)c1cc(C)nn1C. The molecule has 0 saturated carbocycles. The van der Waals surface area contributed by atoms with Crippen molar-refractivity contribution in [2.45, 2.75) is 19.9 Å². The fourth-order valence-electron chi connectivity index (χ4n) is 3.31. The van der Waals surface area contributed by atoms with Gasteiger partial charge in [-0.1, -0.05) is 0 Å². The zero-order valence-corrected chi connectivity index (χ0v) is 16.5. The van der Waals surface area contributed by atoms with Crippen molar-refractivity contribution in [3.8, 4) is 5.75 Å². The first-order valence-electron chi connectivity index (χ1n) is 8.69. The van der Waals surface area contributed by atoms with E-state index in [0.29, 0.717) is 13.1 Å². The molecule has 1 aromatic heterocycles. The smallest absolute Gasteiger partial charge is 0.153 e. The lowest BCUT2D eigenvalue weighted by Crippen LogP contribution is -2.40. The van der Waals surface area contributed by atoms with Gasteiger partial charge in [0.15, 0.2) is 9.84 Å². The minimum Gasteiger partial charge on any atom is -0.495 e. The van der Waals surface area contributed by atoms with Crippen LogP contribution in [0, 0.1) is 6.92 Å². The summed E-state index contributed by atoms with van der Waals surface area (Å²) in [4.78, 5) is 2.08. The summed E-state index contributed by atoms with van der Waals surface area (Å²) in [5.74, 6) is 1.14. The molecular weight excluding hydrogens is 352 g/mol. The highest BCUT2D eigenvalue weighted by atomic mass is 32.2. The minimum absolute atomic E-state index is 0.0704. The van der Waals surface area contributed by atoms with Gasteiger partial charge in [0.25, 0.3) is 0 Å². The van der Waals surface area contributed by atoms with Crippen molar-refractivity contribution in [2.75, 3.05) is 41.9 Å². The van der Waals surface area contributed by atoms with E-state index in [1.807, 2.05) is 36.9 Å². The molecule has 142 valence electrons. The van der Waals surface area contributed by atoms with Crippen molar-refractivity contribution in [3.63, 3.8) is 0 Å². The highest BCUT2D eigenvalue weighted by Gasteiger charge is 2.22. The lowest BCUT2D eigenvalue weighted by atomic mass is 10.2. The molecule has 0 radical (unpaired) electrons. The minimum atomic E-state index is -2.89. The highest BCUT2D eigenvalue weighted by Crippen LogP contribution is 2.33. The van der Waals surface area contributed by atoms with Crippen molar-refractivity contribution >= 4 is 21.2 Å². The van der Waals surface area contributed by atoms with Crippen molar-refractivity contribution in [1.29, 1.82) is 0 Å². The molecule has 7 nitrogen and oxygen atoms in total. The molecule has 8 heteroatoms. The van der Waals surface area contributed by atoms with Gasteiger partial charge >= 0.3 is 0 Å². The molecule has 0 bridgehead atoms. The van der Waals surface area contributed by atoms with Crippen LogP contribution in [0.25, 0.3) is 0 Å². The van der Waals surface area contributed by atoms with E-state index < -0.39 is 9.84 Å². The molecule has 0 aliphatic carbocycles. The molecule has 1 atom stereocenters. The van der Waals surface area contributed by atoms with Crippen LogP contribution in [0.15, 0.2) is 24.3 Å². The van der Waals surface area contributed by atoms with Crippen LogP contribution in [0.5, 0.6) is 5.75 Å². The summed E-state index contributed by atoms with van der Waals surface area (Å²) in [6.45, 7) is 5.09.